The molecule has 7 heteroatoms. The van der Waals surface area contributed by atoms with Gasteiger partial charge in [0.15, 0.2) is 0 Å². The Morgan fingerprint density at radius 3 is 2.67 bits per heavy atom. The summed E-state index contributed by atoms with van der Waals surface area (Å²) in [6, 6.07) is -0.446. The van der Waals surface area contributed by atoms with Gasteiger partial charge in [0.25, 0.3) is 0 Å². The van der Waals surface area contributed by atoms with Gasteiger partial charge in [0.2, 0.25) is 5.91 Å². The van der Waals surface area contributed by atoms with Crippen molar-refractivity contribution in [1.82, 2.24) is 20.9 Å². The molecule has 6 nitrogen and oxygen atoms in total. The van der Waals surface area contributed by atoms with Crippen LogP contribution in [0.2, 0.25) is 0 Å². The van der Waals surface area contributed by atoms with Crippen molar-refractivity contribution < 1.29 is 9.59 Å². The maximum absolute atomic E-state index is 11.5. The molecule has 106 valence electrons. The summed E-state index contributed by atoms with van der Waals surface area (Å²) in [5.74, 6) is 0.357. The largest absolute Gasteiger partial charge is 0.341 e. The first-order valence-corrected chi connectivity index (χ1v) is 6.04. The lowest BCUT2D eigenvalue weighted by Gasteiger charge is -2.31. The Kier molecular flexibility index (Phi) is 8.70. The minimum absolute atomic E-state index is 0. The predicted molar refractivity (Wildman–Crippen MR) is 72.9 cm³/mol. The van der Waals surface area contributed by atoms with Gasteiger partial charge in [0.1, 0.15) is 0 Å². The van der Waals surface area contributed by atoms with Crippen LogP contribution >= 0.6 is 12.4 Å². The third-order valence-corrected chi connectivity index (χ3v) is 2.94. The van der Waals surface area contributed by atoms with Crippen LogP contribution in [0.15, 0.2) is 0 Å². The summed E-state index contributed by atoms with van der Waals surface area (Å²) in [5, 5.41) is 7.80. The topological polar surface area (TPSA) is 73.5 Å². The lowest BCUT2D eigenvalue weighted by atomic mass is 9.98. The highest BCUT2D eigenvalue weighted by Gasteiger charge is 2.21. The van der Waals surface area contributed by atoms with E-state index >= 15 is 0 Å². The predicted octanol–water partition coefficient (Wildman–Crippen LogP) is -0.205. The highest BCUT2D eigenvalue weighted by atomic mass is 35.5. The van der Waals surface area contributed by atoms with Gasteiger partial charge in [-0.15, -0.1) is 12.4 Å². The Morgan fingerprint density at radius 2 is 2.06 bits per heavy atom. The van der Waals surface area contributed by atoms with Crippen LogP contribution in [0.1, 0.15) is 12.8 Å². The molecular formula is C11H23ClN4O2. The Morgan fingerprint density at radius 1 is 1.33 bits per heavy atom. The fourth-order valence-electron chi connectivity index (χ4n) is 2.18. The molecule has 1 unspecified atom stereocenters. The number of rotatable bonds is 4. The molecule has 1 aliphatic heterocycles. The molecule has 0 aromatic carbocycles. The van der Waals surface area contributed by atoms with Crippen LogP contribution in [0.4, 0.5) is 4.79 Å². The number of carbonyl (C=O) groups is 2. The maximum Gasteiger partial charge on any atom is 0.321 e. The zero-order valence-electron chi connectivity index (χ0n) is 11.0. The van der Waals surface area contributed by atoms with Crippen LogP contribution < -0.4 is 16.0 Å². The van der Waals surface area contributed by atoms with E-state index in [9.17, 15) is 9.59 Å². The van der Waals surface area contributed by atoms with E-state index < -0.39 is 6.03 Å². The number of hydrogen-bond donors (Lipinski definition) is 3. The molecule has 0 aromatic heterocycles. The van der Waals surface area contributed by atoms with Crippen molar-refractivity contribution in [1.29, 1.82) is 0 Å². The number of nitrogens with one attached hydrogen (secondary N) is 3. The lowest BCUT2D eigenvalue weighted by molar-refractivity contribution is -0.121. The summed E-state index contributed by atoms with van der Waals surface area (Å²) in [4.78, 5) is 24.6. The number of amides is 3. The minimum Gasteiger partial charge on any atom is -0.341 e. The molecule has 0 radical (unpaired) electrons. The maximum atomic E-state index is 11.5. The van der Waals surface area contributed by atoms with Crippen molar-refractivity contribution in [3.8, 4) is 0 Å². The van der Waals surface area contributed by atoms with Crippen molar-refractivity contribution >= 4 is 24.3 Å². The average Bonchev–Trinajstić information content (AvgIpc) is 2.29. The van der Waals surface area contributed by atoms with Gasteiger partial charge in [-0.1, -0.05) is 0 Å². The number of urea groups is 1. The number of nitrogens with zero attached hydrogens (tertiary/aromatic N) is 1. The summed E-state index contributed by atoms with van der Waals surface area (Å²) in [6.45, 7) is 3.13. The Bertz CT molecular complexity index is 274. The second-order valence-corrected chi connectivity index (χ2v) is 4.43. The SMILES string of the molecule is CNCC1CCCN(CC(=O)NC(=O)NC)C1.Cl. The Hall–Kier alpha value is -0.850. The van der Waals surface area contributed by atoms with E-state index in [0.717, 1.165) is 26.1 Å². The smallest absolute Gasteiger partial charge is 0.321 e. The molecule has 0 saturated carbocycles. The van der Waals surface area contributed by atoms with Crippen LogP contribution in [0, 0.1) is 5.92 Å². The molecule has 1 atom stereocenters. The number of imide groups is 1. The molecule has 0 bridgehead atoms. The number of piperidine rings is 1. The highest BCUT2D eigenvalue weighted by Crippen LogP contribution is 2.14. The highest BCUT2D eigenvalue weighted by molar-refractivity contribution is 5.95. The summed E-state index contributed by atoms with van der Waals surface area (Å²) in [7, 11) is 3.43. The van der Waals surface area contributed by atoms with Crippen molar-refractivity contribution in [2.75, 3.05) is 40.3 Å². The number of carbonyl (C=O) groups excluding carboxylic acids is 2. The number of likely N-dealkylation sites (tertiary alicyclic amines) is 1. The van der Waals surface area contributed by atoms with E-state index in [-0.39, 0.29) is 18.3 Å². The summed E-state index contributed by atoms with van der Waals surface area (Å²) < 4.78 is 0. The molecule has 0 aliphatic carbocycles. The first-order chi connectivity index (χ1) is 8.15. The molecule has 0 aromatic rings. The molecular weight excluding hydrogens is 256 g/mol. The quantitative estimate of drug-likeness (QED) is 0.666. The minimum atomic E-state index is -0.446. The summed E-state index contributed by atoms with van der Waals surface area (Å²) in [6.07, 6.45) is 2.31. The molecule has 1 fully saturated rings. The van der Waals surface area contributed by atoms with Gasteiger partial charge in [-0.2, -0.15) is 0 Å². The second kappa shape index (κ2) is 9.13. The first kappa shape index (κ1) is 17.2. The molecule has 18 heavy (non-hydrogen) atoms. The van der Waals surface area contributed by atoms with Gasteiger partial charge in [0, 0.05) is 13.6 Å². The van der Waals surface area contributed by atoms with Gasteiger partial charge in [-0.25, -0.2) is 4.79 Å². The van der Waals surface area contributed by atoms with E-state index in [4.69, 9.17) is 0 Å². The number of hydrogen-bond acceptors (Lipinski definition) is 4. The van der Waals surface area contributed by atoms with Crippen LogP contribution in [0.5, 0.6) is 0 Å². The zero-order valence-corrected chi connectivity index (χ0v) is 11.8. The third kappa shape index (κ3) is 6.18. The zero-order chi connectivity index (χ0) is 12.7. The van der Waals surface area contributed by atoms with Gasteiger partial charge in [-0.05, 0) is 38.9 Å². The molecule has 1 saturated heterocycles. The normalized spacial score (nSPS) is 19.8. The average molecular weight is 279 g/mol. The van der Waals surface area contributed by atoms with E-state index in [1.807, 2.05) is 7.05 Å². The van der Waals surface area contributed by atoms with Crippen molar-refractivity contribution in [3.63, 3.8) is 0 Å². The first-order valence-electron chi connectivity index (χ1n) is 6.04. The van der Waals surface area contributed by atoms with E-state index in [0.29, 0.717) is 12.5 Å². The molecule has 1 rings (SSSR count). The van der Waals surface area contributed by atoms with Crippen molar-refractivity contribution in [2.45, 2.75) is 12.8 Å². The van der Waals surface area contributed by atoms with E-state index in [1.165, 1.54) is 13.5 Å². The fraction of sp³-hybridized carbons (Fsp3) is 0.818. The van der Waals surface area contributed by atoms with Gasteiger partial charge in [0.05, 0.1) is 6.54 Å². The van der Waals surface area contributed by atoms with Gasteiger partial charge >= 0.3 is 6.03 Å². The standard InChI is InChI=1S/C11H22N4O2.ClH/c1-12-6-9-4-3-5-15(7-9)8-10(16)14-11(17)13-2;/h9,12H,3-8H2,1-2H3,(H2,13,14,16,17);1H. The van der Waals surface area contributed by atoms with Crippen molar-refractivity contribution in [3.05, 3.63) is 0 Å². The van der Waals surface area contributed by atoms with Gasteiger partial charge in [-0.3, -0.25) is 15.0 Å². The Labute approximate surface area is 114 Å². The molecule has 3 N–H and O–H groups in total. The molecule has 3 amide bonds. The molecule has 0 spiro atoms. The fourth-order valence-corrected chi connectivity index (χ4v) is 2.18. The van der Waals surface area contributed by atoms with E-state index in [2.05, 4.69) is 20.9 Å². The van der Waals surface area contributed by atoms with Gasteiger partial charge < -0.3 is 10.6 Å². The molecule has 1 heterocycles. The van der Waals surface area contributed by atoms with E-state index in [1.54, 1.807) is 0 Å². The van der Waals surface area contributed by atoms with Crippen LogP contribution in [-0.2, 0) is 4.79 Å². The monoisotopic (exact) mass is 278 g/mol. The lowest BCUT2D eigenvalue weighted by Crippen LogP contribution is -2.47. The van der Waals surface area contributed by atoms with Crippen molar-refractivity contribution in [2.24, 2.45) is 5.92 Å². The number of halogens is 1. The van der Waals surface area contributed by atoms with Crippen LogP contribution in [-0.4, -0.2) is 57.1 Å². The summed E-state index contributed by atoms with van der Waals surface area (Å²) >= 11 is 0. The summed E-state index contributed by atoms with van der Waals surface area (Å²) in [5.41, 5.74) is 0. The molecule has 1 aliphatic rings. The Balaban J connectivity index is 0.00000289. The van der Waals surface area contributed by atoms with Crippen LogP contribution in [0.25, 0.3) is 0 Å². The van der Waals surface area contributed by atoms with Crippen LogP contribution in [0.3, 0.4) is 0 Å². The third-order valence-electron chi connectivity index (χ3n) is 2.94. The second-order valence-electron chi connectivity index (χ2n) is 4.43.